The molecule has 3 aromatic carbocycles. The number of carbonyl (C=O) groups is 2. The molecule has 2 N–H and O–H groups in total. The Balaban J connectivity index is 1.74. The van der Waals surface area contributed by atoms with Crippen LogP contribution < -0.4 is 10.2 Å². The monoisotopic (exact) mass is 414 g/mol. The highest BCUT2D eigenvalue weighted by Crippen LogP contribution is 2.35. The predicted molar refractivity (Wildman–Crippen MR) is 122 cm³/mol. The first kappa shape index (κ1) is 20.7. The Morgan fingerprint density at radius 3 is 2.35 bits per heavy atom. The summed E-state index contributed by atoms with van der Waals surface area (Å²) in [7, 11) is 0. The maximum Gasteiger partial charge on any atom is 0.335 e. The molecule has 1 heterocycles. The van der Waals surface area contributed by atoms with E-state index >= 15 is 0 Å². The van der Waals surface area contributed by atoms with Crippen LogP contribution in [0, 0.1) is 0 Å². The number of anilines is 1. The van der Waals surface area contributed by atoms with Crippen LogP contribution in [0.4, 0.5) is 5.69 Å². The second-order valence-corrected chi connectivity index (χ2v) is 7.75. The van der Waals surface area contributed by atoms with E-state index < -0.39 is 11.9 Å². The summed E-state index contributed by atoms with van der Waals surface area (Å²) in [6, 6.07) is 23.1. The summed E-state index contributed by atoms with van der Waals surface area (Å²) in [5.41, 5.74) is 5.64. The van der Waals surface area contributed by atoms with E-state index in [-0.39, 0.29) is 11.5 Å². The molecular formula is C26H26N2O3. The first-order chi connectivity index (χ1) is 15.1. The van der Waals surface area contributed by atoms with Crippen LogP contribution in [-0.2, 0) is 17.8 Å². The highest BCUT2D eigenvalue weighted by molar-refractivity contribution is 5.90. The molecule has 158 valence electrons. The molecule has 5 nitrogen and oxygen atoms in total. The van der Waals surface area contributed by atoms with Crippen LogP contribution in [0.5, 0.6) is 0 Å². The van der Waals surface area contributed by atoms with Crippen molar-refractivity contribution in [2.24, 2.45) is 0 Å². The van der Waals surface area contributed by atoms with E-state index in [9.17, 15) is 14.7 Å². The maximum absolute atomic E-state index is 13.2. The molecule has 1 atom stereocenters. The normalized spacial score (nSPS) is 13.9. The summed E-state index contributed by atoms with van der Waals surface area (Å²) >= 11 is 0. The Bertz CT molecular complexity index is 1090. The van der Waals surface area contributed by atoms with Crippen molar-refractivity contribution in [2.75, 3.05) is 18.0 Å². The first-order valence-corrected chi connectivity index (χ1v) is 10.6. The fraction of sp³-hybridized carbons (Fsp3) is 0.231. The minimum Gasteiger partial charge on any atom is -0.478 e. The van der Waals surface area contributed by atoms with E-state index in [0.717, 1.165) is 36.3 Å². The number of hydrogen-bond donors (Lipinski definition) is 2. The van der Waals surface area contributed by atoms with E-state index in [4.69, 9.17) is 0 Å². The molecule has 0 saturated heterocycles. The average molecular weight is 415 g/mol. The van der Waals surface area contributed by atoms with Crippen LogP contribution in [0.3, 0.4) is 0 Å². The van der Waals surface area contributed by atoms with Crippen molar-refractivity contribution in [1.82, 2.24) is 5.32 Å². The van der Waals surface area contributed by atoms with Gasteiger partial charge in [-0.15, -0.1) is 0 Å². The Labute approximate surface area is 182 Å². The third kappa shape index (κ3) is 4.31. The fourth-order valence-electron chi connectivity index (χ4n) is 4.29. The average Bonchev–Trinajstić information content (AvgIpc) is 2.80. The van der Waals surface area contributed by atoms with E-state index in [1.807, 2.05) is 25.1 Å². The second-order valence-electron chi connectivity index (χ2n) is 7.75. The van der Waals surface area contributed by atoms with Gasteiger partial charge in [-0.2, -0.15) is 0 Å². The van der Waals surface area contributed by atoms with Crippen LogP contribution in [-0.4, -0.2) is 30.1 Å². The zero-order valence-electron chi connectivity index (χ0n) is 17.5. The van der Waals surface area contributed by atoms with Gasteiger partial charge < -0.3 is 15.3 Å². The van der Waals surface area contributed by atoms with Crippen molar-refractivity contribution in [1.29, 1.82) is 0 Å². The molecule has 1 amide bonds. The molecule has 5 heteroatoms. The molecular weight excluding hydrogens is 388 g/mol. The van der Waals surface area contributed by atoms with Gasteiger partial charge >= 0.3 is 5.97 Å². The second kappa shape index (κ2) is 9.04. The van der Waals surface area contributed by atoms with Gasteiger partial charge in [0.1, 0.15) is 0 Å². The molecule has 3 aromatic rings. The zero-order chi connectivity index (χ0) is 21.8. The van der Waals surface area contributed by atoms with Crippen molar-refractivity contribution in [2.45, 2.75) is 25.8 Å². The summed E-state index contributed by atoms with van der Waals surface area (Å²) in [5.74, 6) is -1.58. The first-order valence-electron chi connectivity index (χ1n) is 10.6. The molecule has 0 spiro atoms. The molecule has 0 saturated carbocycles. The number of carboxylic acids is 1. The third-order valence-corrected chi connectivity index (χ3v) is 5.82. The lowest BCUT2D eigenvalue weighted by molar-refractivity contribution is -0.121. The molecule has 0 aliphatic carbocycles. The molecule has 0 radical (unpaired) electrons. The number of carboxylic acid groups (broad SMARTS) is 1. The molecule has 1 unspecified atom stereocenters. The van der Waals surface area contributed by atoms with E-state index in [2.05, 4.69) is 40.5 Å². The summed E-state index contributed by atoms with van der Waals surface area (Å²) in [6.07, 6.45) is 0.962. The lowest BCUT2D eigenvalue weighted by atomic mass is 9.87. The van der Waals surface area contributed by atoms with Gasteiger partial charge in [0.2, 0.25) is 5.91 Å². The lowest BCUT2D eigenvalue weighted by Gasteiger charge is -2.33. The van der Waals surface area contributed by atoms with Gasteiger partial charge in [-0.05, 0) is 53.8 Å². The van der Waals surface area contributed by atoms with Gasteiger partial charge in [-0.3, -0.25) is 4.79 Å². The Kier molecular flexibility index (Phi) is 6.03. The largest absolute Gasteiger partial charge is 0.478 e. The van der Waals surface area contributed by atoms with Crippen LogP contribution in [0.2, 0.25) is 0 Å². The molecule has 0 bridgehead atoms. The van der Waals surface area contributed by atoms with Crippen molar-refractivity contribution < 1.29 is 14.7 Å². The number of nitrogens with zero attached hydrogens (tertiary/aromatic N) is 1. The van der Waals surface area contributed by atoms with Gasteiger partial charge in [0.15, 0.2) is 0 Å². The highest BCUT2D eigenvalue weighted by Gasteiger charge is 2.28. The Morgan fingerprint density at radius 1 is 0.968 bits per heavy atom. The Morgan fingerprint density at radius 2 is 1.65 bits per heavy atom. The van der Waals surface area contributed by atoms with E-state index in [0.29, 0.717) is 6.54 Å². The standard InChI is InChI=1S/C26H26N2O3/c1-2-27-25(29)24(19-11-13-20(14-12-19)26(30)31)22-9-5-6-10-23(22)28-16-15-18-7-3-4-8-21(18)17-28/h3-14,24H,2,15-17H2,1H3,(H,27,29)(H,30,31). The van der Waals surface area contributed by atoms with Crippen molar-refractivity contribution in [3.8, 4) is 0 Å². The summed E-state index contributed by atoms with van der Waals surface area (Å²) in [5, 5.41) is 12.2. The summed E-state index contributed by atoms with van der Waals surface area (Å²) in [6.45, 7) is 4.11. The number of fused-ring (bicyclic) bond motifs is 1. The van der Waals surface area contributed by atoms with E-state index in [1.54, 1.807) is 24.3 Å². The number of hydrogen-bond acceptors (Lipinski definition) is 3. The fourth-order valence-corrected chi connectivity index (χ4v) is 4.29. The number of benzene rings is 3. The number of rotatable bonds is 6. The zero-order valence-corrected chi connectivity index (χ0v) is 17.5. The number of para-hydroxylation sites is 1. The molecule has 4 rings (SSSR count). The quantitative estimate of drug-likeness (QED) is 0.634. The van der Waals surface area contributed by atoms with Gasteiger partial charge in [-0.25, -0.2) is 4.79 Å². The molecule has 1 aliphatic rings. The topological polar surface area (TPSA) is 69.6 Å². The lowest BCUT2D eigenvalue weighted by Crippen LogP contribution is -2.34. The molecule has 0 fully saturated rings. The van der Waals surface area contributed by atoms with Crippen LogP contribution in [0.1, 0.15) is 45.5 Å². The number of nitrogens with one attached hydrogen (secondary N) is 1. The van der Waals surface area contributed by atoms with Gasteiger partial charge in [-0.1, -0.05) is 54.6 Å². The smallest absolute Gasteiger partial charge is 0.335 e. The van der Waals surface area contributed by atoms with Crippen molar-refractivity contribution >= 4 is 17.6 Å². The predicted octanol–water partition coefficient (Wildman–Crippen LogP) is 4.22. The molecule has 1 aliphatic heterocycles. The third-order valence-electron chi connectivity index (χ3n) is 5.82. The minimum absolute atomic E-state index is 0.0876. The number of carbonyl (C=O) groups excluding carboxylic acids is 1. The molecule has 0 aromatic heterocycles. The SMILES string of the molecule is CCNC(=O)C(c1ccc(C(=O)O)cc1)c1ccccc1N1CCc2ccccc2C1. The van der Waals surface area contributed by atoms with Crippen LogP contribution in [0.15, 0.2) is 72.8 Å². The maximum atomic E-state index is 13.2. The van der Waals surface area contributed by atoms with Crippen molar-refractivity contribution in [3.05, 3.63) is 101 Å². The number of likely N-dealkylation sites (N-methyl/N-ethyl adjacent to an activating group) is 1. The summed E-state index contributed by atoms with van der Waals surface area (Å²) < 4.78 is 0. The summed E-state index contributed by atoms with van der Waals surface area (Å²) in [4.78, 5) is 26.7. The van der Waals surface area contributed by atoms with Crippen LogP contribution >= 0.6 is 0 Å². The number of aromatic carboxylic acids is 1. The van der Waals surface area contributed by atoms with Crippen LogP contribution in [0.25, 0.3) is 0 Å². The van der Waals surface area contributed by atoms with Gasteiger partial charge in [0.25, 0.3) is 0 Å². The number of amides is 1. The molecule has 31 heavy (non-hydrogen) atoms. The Hall–Kier alpha value is -3.60. The van der Waals surface area contributed by atoms with E-state index in [1.165, 1.54) is 11.1 Å². The van der Waals surface area contributed by atoms with Gasteiger partial charge in [0, 0.05) is 25.3 Å². The highest BCUT2D eigenvalue weighted by atomic mass is 16.4. The minimum atomic E-state index is -0.978. The van der Waals surface area contributed by atoms with Crippen molar-refractivity contribution in [3.63, 3.8) is 0 Å². The van der Waals surface area contributed by atoms with Gasteiger partial charge in [0.05, 0.1) is 11.5 Å².